The molecule has 0 aliphatic carbocycles. The van der Waals surface area contributed by atoms with Crippen LogP contribution < -0.4 is 10.6 Å². The number of methoxy groups -OCH3 is 1. The van der Waals surface area contributed by atoms with Crippen LogP contribution in [0, 0.1) is 0 Å². The van der Waals surface area contributed by atoms with Gasteiger partial charge in [-0.15, -0.1) is 5.10 Å². The highest BCUT2D eigenvalue weighted by Gasteiger charge is 2.27. The molecule has 106 valence electrons. The van der Waals surface area contributed by atoms with Crippen LogP contribution in [0.3, 0.4) is 0 Å². The molecule has 0 aliphatic rings. The van der Waals surface area contributed by atoms with E-state index in [4.69, 9.17) is 0 Å². The monoisotopic (exact) mass is 281 g/mol. The maximum absolute atomic E-state index is 11.8. The number of amides is 2. The van der Waals surface area contributed by atoms with Gasteiger partial charge in [-0.25, -0.2) is 4.79 Å². The van der Waals surface area contributed by atoms with E-state index in [1.807, 2.05) is 0 Å². The Morgan fingerprint density at radius 3 is 2.74 bits per heavy atom. The lowest BCUT2D eigenvalue weighted by Gasteiger charge is -2.07. The largest absolute Gasteiger partial charge is 0.453 e. The lowest BCUT2D eigenvalue weighted by Crippen LogP contribution is -2.36. The van der Waals surface area contributed by atoms with Gasteiger partial charge in [-0.3, -0.25) is 10.1 Å². The van der Waals surface area contributed by atoms with Crippen LogP contribution in [0.4, 0.5) is 23.8 Å². The maximum atomic E-state index is 11.8. The summed E-state index contributed by atoms with van der Waals surface area (Å²) < 4.78 is 39.8. The molecule has 1 aromatic rings. The molecule has 0 spiro atoms. The van der Waals surface area contributed by atoms with Crippen molar-refractivity contribution in [2.24, 2.45) is 0 Å². The first-order chi connectivity index (χ1) is 8.80. The Kier molecular flexibility index (Phi) is 4.67. The maximum Gasteiger partial charge on any atom is 0.412 e. The highest BCUT2D eigenvalue weighted by molar-refractivity contribution is 5.82. The van der Waals surface area contributed by atoms with Gasteiger partial charge >= 0.3 is 12.3 Å². The van der Waals surface area contributed by atoms with Crippen molar-refractivity contribution in [1.29, 1.82) is 0 Å². The third-order valence-electron chi connectivity index (χ3n) is 1.72. The topological polar surface area (TPSA) is 98.1 Å². The number of ether oxygens (including phenoxy) is 1. The van der Waals surface area contributed by atoms with Crippen molar-refractivity contribution < 1.29 is 27.5 Å². The zero-order chi connectivity index (χ0) is 14.5. The van der Waals surface area contributed by atoms with Gasteiger partial charge in [-0.1, -0.05) is 0 Å². The number of nitrogens with one attached hydrogen (secondary N) is 2. The second-order valence-electron chi connectivity index (χ2n) is 3.27. The molecule has 0 bridgehead atoms. The molecule has 8 nitrogen and oxygen atoms in total. The van der Waals surface area contributed by atoms with Crippen LogP contribution in [0.25, 0.3) is 0 Å². The number of hydrogen-bond acceptors (Lipinski definition) is 5. The third-order valence-corrected chi connectivity index (χ3v) is 1.72. The molecule has 2 N–H and O–H groups in total. The number of aromatic nitrogens is 3. The van der Waals surface area contributed by atoms with Gasteiger partial charge in [0.05, 0.1) is 13.3 Å². The molecule has 0 atom stereocenters. The van der Waals surface area contributed by atoms with Gasteiger partial charge in [0.25, 0.3) is 0 Å². The molecular formula is C8H10F3N5O3. The molecule has 0 radical (unpaired) electrons. The van der Waals surface area contributed by atoms with Gasteiger partial charge in [0.15, 0.2) is 5.82 Å². The van der Waals surface area contributed by atoms with Crippen molar-refractivity contribution in [2.45, 2.75) is 12.7 Å². The Labute approximate surface area is 104 Å². The van der Waals surface area contributed by atoms with Gasteiger partial charge in [0.2, 0.25) is 5.91 Å². The minimum Gasteiger partial charge on any atom is -0.453 e. The Balaban J connectivity index is 2.45. The Morgan fingerprint density at radius 2 is 2.16 bits per heavy atom. The van der Waals surface area contributed by atoms with Crippen molar-refractivity contribution >= 4 is 17.8 Å². The number of carbonyl (C=O) groups is 2. The SMILES string of the molecule is COC(=O)Nc1cnn(CC(=O)NCC(F)(F)F)n1. The summed E-state index contributed by atoms with van der Waals surface area (Å²) in [5.41, 5.74) is 0. The number of alkyl halides is 3. The van der Waals surface area contributed by atoms with Gasteiger partial charge in [-0.2, -0.15) is 23.1 Å². The second-order valence-corrected chi connectivity index (χ2v) is 3.27. The number of anilines is 1. The summed E-state index contributed by atoms with van der Waals surface area (Å²) in [4.78, 5) is 22.8. The summed E-state index contributed by atoms with van der Waals surface area (Å²) in [5, 5.41) is 11.0. The number of halogens is 3. The first kappa shape index (κ1) is 14.7. The lowest BCUT2D eigenvalue weighted by molar-refractivity contribution is -0.139. The van der Waals surface area contributed by atoms with Crippen LogP contribution in [-0.2, 0) is 16.1 Å². The highest BCUT2D eigenvalue weighted by Crippen LogP contribution is 2.12. The van der Waals surface area contributed by atoms with Crippen LogP contribution in [0.1, 0.15) is 0 Å². The number of carbonyl (C=O) groups excluding carboxylic acids is 2. The number of nitrogens with zero attached hydrogens (tertiary/aromatic N) is 3. The Hall–Kier alpha value is -2.33. The van der Waals surface area contributed by atoms with Crippen LogP contribution >= 0.6 is 0 Å². The predicted molar refractivity (Wildman–Crippen MR) is 55.1 cm³/mol. The first-order valence-electron chi connectivity index (χ1n) is 4.88. The molecule has 0 aromatic carbocycles. The van der Waals surface area contributed by atoms with E-state index in [1.165, 1.54) is 0 Å². The molecule has 0 fully saturated rings. The molecule has 0 aliphatic heterocycles. The summed E-state index contributed by atoms with van der Waals surface area (Å²) in [6.07, 6.45) is -4.15. The van der Waals surface area contributed by atoms with E-state index in [0.29, 0.717) is 0 Å². The zero-order valence-corrected chi connectivity index (χ0v) is 9.69. The zero-order valence-electron chi connectivity index (χ0n) is 9.69. The van der Waals surface area contributed by atoms with E-state index in [9.17, 15) is 22.8 Å². The molecule has 2 amide bonds. The second kappa shape index (κ2) is 6.02. The molecule has 0 saturated heterocycles. The van der Waals surface area contributed by atoms with Crippen LogP contribution in [0.5, 0.6) is 0 Å². The van der Waals surface area contributed by atoms with Crippen molar-refractivity contribution in [2.75, 3.05) is 19.0 Å². The van der Waals surface area contributed by atoms with Crippen molar-refractivity contribution in [3.05, 3.63) is 6.20 Å². The minimum atomic E-state index is -4.48. The molecule has 1 heterocycles. The molecule has 1 rings (SSSR count). The van der Waals surface area contributed by atoms with E-state index in [0.717, 1.165) is 18.1 Å². The average molecular weight is 281 g/mol. The van der Waals surface area contributed by atoms with Gasteiger partial charge < -0.3 is 10.1 Å². The average Bonchev–Trinajstić information content (AvgIpc) is 2.73. The van der Waals surface area contributed by atoms with E-state index in [2.05, 4.69) is 20.3 Å². The van der Waals surface area contributed by atoms with E-state index in [1.54, 1.807) is 5.32 Å². The summed E-state index contributed by atoms with van der Waals surface area (Å²) in [5.74, 6) is -0.895. The normalized spacial score (nSPS) is 10.9. The first-order valence-corrected chi connectivity index (χ1v) is 4.88. The Morgan fingerprint density at radius 1 is 1.47 bits per heavy atom. The predicted octanol–water partition coefficient (Wildman–Crippen LogP) is 0.135. The van der Waals surface area contributed by atoms with Crippen LogP contribution in [0.2, 0.25) is 0 Å². The summed E-state index contributed by atoms with van der Waals surface area (Å²) >= 11 is 0. The van der Waals surface area contributed by atoms with Crippen molar-refractivity contribution in [1.82, 2.24) is 20.3 Å². The fraction of sp³-hybridized carbons (Fsp3) is 0.500. The van der Waals surface area contributed by atoms with Crippen molar-refractivity contribution in [3.8, 4) is 0 Å². The number of hydrogen-bond donors (Lipinski definition) is 2. The standard InChI is InChI=1S/C8H10F3N5O3/c1-19-7(18)14-5-2-13-16(15-5)3-6(17)12-4-8(9,10)11/h2H,3-4H2,1H3,(H,12,17)(H,14,15,18). The molecule has 0 saturated carbocycles. The van der Waals surface area contributed by atoms with Gasteiger partial charge in [-0.05, 0) is 0 Å². The minimum absolute atomic E-state index is 0.00970. The van der Waals surface area contributed by atoms with Crippen molar-refractivity contribution in [3.63, 3.8) is 0 Å². The fourth-order valence-corrected chi connectivity index (χ4v) is 0.970. The highest BCUT2D eigenvalue weighted by atomic mass is 19.4. The molecule has 11 heteroatoms. The summed E-state index contributed by atoms with van der Waals surface area (Å²) in [6, 6.07) is 0. The summed E-state index contributed by atoms with van der Waals surface area (Å²) in [6.45, 7) is -1.93. The molecule has 1 aromatic heterocycles. The molecule has 0 unspecified atom stereocenters. The van der Waals surface area contributed by atoms with E-state index in [-0.39, 0.29) is 5.82 Å². The lowest BCUT2D eigenvalue weighted by atomic mass is 10.5. The van der Waals surface area contributed by atoms with Gasteiger partial charge in [0, 0.05) is 0 Å². The van der Waals surface area contributed by atoms with E-state index >= 15 is 0 Å². The van der Waals surface area contributed by atoms with Gasteiger partial charge in [0.1, 0.15) is 13.1 Å². The van der Waals surface area contributed by atoms with Crippen LogP contribution in [-0.4, -0.2) is 46.8 Å². The fourth-order valence-electron chi connectivity index (χ4n) is 0.970. The van der Waals surface area contributed by atoms with Crippen LogP contribution in [0.15, 0.2) is 6.20 Å². The van der Waals surface area contributed by atoms with E-state index < -0.39 is 31.3 Å². The smallest absolute Gasteiger partial charge is 0.412 e. The number of rotatable bonds is 4. The quantitative estimate of drug-likeness (QED) is 0.817. The Bertz CT molecular complexity index is 459. The third kappa shape index (κ3) is 5.70. The molecule has 19 heavy (non-hydrogen) atoms. The molecular weight excluding hydrogens is 271 g/mol. The summed E-state index contributed by atoms with van der Waals surface area (Å²) in [7, 11) is 1.14.